The Labute approximate surface area is 167 Å². The highest BCUT2D eigenvalue weighted by atomic mass is 35.5. The molecule has 1 aliphatic rings. The van der Waals surface area contributed by atoms with Gasteiger partial charge in [0, 0.05) is 19.5 Å². The number of anilines is 1. The summed E-state index contributed by atoms with van der Waals surface area (Å²) in [5.74, 6) is -0.895. The third-order valence-corrected chi connectivity index (χ3v) is 4.80. The summed E-state index contributed by atoms with van der Waals surface area (Å²) in [7, 11) is 0. The molecule has 1 heterocycles. The fourth-order valence-electron chi connectivity index (χ4n) is 2.83. The number of nitrogens with zero attached hydrogens (tertiary/aromatic N) is 1. The molecular weight excluding hydrogens is 384 g/mol. The number of carbonyl (C=O) groups excluding carboxylic acids is 2. The highest BCUT2D eigenvalue weighted by Gasteiger charge is 2.35. The number of hydrazine groups is 1. The molecule has 1 aliphatic heterocycles. The largest absolute Gasteiger partial charge is 0.357 e. The fourth-order valence-corrected chi connectivity index (χ4v) is 3.19. The molecule has 2 aromatic rings. The van der Waals surface area contributed by atoms with Crippen LogP contribution >= 0.6 is 23.8 Å². The summed E-state index contributed by atoms with van der Waals surface area (Å²) < 4.78 is 0. The van der Waals surface area contributed by atoms with Crippen molar-refractivity contribution in [2.24, 2.45) is 5.92 Å². The number of amides is 2. The maximum atomic E-state index is 12.4. The van der Waals surface area contributed by atoms with Crippen LogP contribution in [0.25, 0.3) is 0 Å². The zero-order valence-electron chi connectivity index (χ0n) is 14.4. The zero-order chi connectivity index (χ0) is 19.2. The lowest BCUT2D eigenvalue weighted by Crippen LogP contribution is -2.48. The van der Waals surface area contributed by atoms with Crippen LogP contribution < -0.4 is 21.1 Å². The van der Waals surface area contributed by atoms with Crippen molar-refractivity contribution < 1.29 is 9.59 Å². The molecule has 0 saturated carbocycles. The predicted octanol–water partition coefficient (Wildman–Crippen LogP) is 2.39. The summed E-state index contributed by atoms with van der Waals surface area (Å²) in [5.41, 5.74) is 6.93. The zero-order valence-corrected chi connectivity index (χ0v) is 16.0. The van der Waals surface area contributed by atoms with E-state index >= 15 is 0 Å². The standard InChI is InChI=1S/C19H19ClN4O2S/c20-15-8-4-5-9-16(15)24-12-14(10-17(24)25)18(26)22-23-19(27)21-11-13-6-2-1-3-7-13/h1-9,14H,10-12H2,(H,22,26)(H2,21,23,27). The summed E-state index contributed by atoms with van der Waals surface area (Å²) in [6, 6.07) is 16.9. The lowest BCUT2D eigenvalue weighted by atomic mass is 10.1. The van der Waals surface area contributed by atoms with Gasteiger partial charge < -0.3 is 10.2 Å². The van der Waals surface area contributed by atoms with E-state index in [2.05, 4.69) is 16.2 Å². The van der Waals surface area contributed by atoms with Gasteiger partial charge >= 0.3 is 0 Å². The number of benzene rings is 2. The fraction of sp³-hybridized carbons (Fsp3) is 0.211. The van der Waals surface area contributed by atoms with Crippen LogP contribution in [0.4, 0.5) is 5.69 Å². The third-order valence-electron chi connectivity index (χ3n) is 4.23. The molecule has 0 aromatic heterocycles. The van der Waals surface area contributed by atoms with Gasteiger partial charge in [0.1, 0.15) is 0 Å². The summed E-state index contributed by atoms with van der Waals surface area (Å²) in [5, 5.41) is 3.79. The Hall–Kier alpha value is -2.64. The van der Waals surface area contributed by atoms with Crippen molar-refractivity contribution >= 4 is 46.4 Å². The number of hydrogen-bond donors (Lipinski definition) is 3. The summed E-state index contributed by atoms with van der Waals surface area (Å²) >= 11 is 11.3. The number of halogens is 1. The average Bonchev–Trinajstić information content (AvgIpc) is 3.07. The number of hydrogen-bond acceptors (Lipinski definition) is 3. The van der Waals surface area contributed by atoms with Crippen molar-refractivity contribution in [1.29, 1.82) is 0 Å². The van der Waals surface area contributed by atoms with Gasteiger partial charge in [0.25, 0.3) is 0 Å². The van der Waals surface area contributed by atoms with E-state index in [-0.39, 0.29) is 24.8 Å². The molecule has 1 atom stereocenters. The predicted molar refractivity (Wildman–Crippen MR) is 109 cm³/mol. The minimum absolute atomic E-state index is 0.128. The summed E-state index contributed by atoms with van der Waals surface area (Å²) in [6.45, 7) is 0.824. The van der Waals surface area contributed by atoms with E-state index in [4.69, 9.17) is 23.8 Å². The van der Waals surface area contributed by atoms with Crippen LogP contribution in [0, 0.1) is 5.92 Å². The van der Waals surface area contributed by atoms with E-state index < -0.39 is 5.92 Å². The van der Waals surface area contributed by atoms with Gasteiger partial charge in [0.2, 0.25) is 11.8 Å². The minimum Gasteiger partial charge on any atom is -0.357 e. The first-order valence-corrected chi connectivity index (χ1v) is 9.25. The van der Waals surface area contributed by atoms with Crippen LogP contribution in [0.3, 0.4) is 0 Å². The molecule has 1 unspecified atom stereocenters. The normalized spacial score (nSPS) is 16.1. The molecule has 1 saturated heterocycles. The second-order valence-corrected chi connectivity index (χ2v) is 6.95. The molecule has 8 heteroatoms. The molecule has 2 aromatic carbocycles. The van der Waals surface area contributed by atoms with Gasteiger partial charge in [-0.05, 0) is 29.9 Å². The Kier molecular flexibility index (Phi) is 6.26. The molecular formula is C19H19ClN4O2S. The SMILES string of the molecule is O=C(NNC(=S)NCc1ccccc1)C1CC(=O)N(c2ccccc2Cl)C1. The lowest BCUT2D eigenvalue weighted by Gasteiger charge is -2.18. The van der Waals surface area contributed by atoms with Gasteiger partial charge in [-0.1, -0.05) is 54.1 Å². The van der Waals surface area contributed by atoms with Crippen LogP contribution in [0.15, 0.2) is 54.6 Å². The first-order chi connectivity index (χ1) is 13.0. The number of carbonyl (C=O) groups is 2. The van der Waals surface area contributed by atoms with Gasteiger partial charge in [-0.25, -0.2) is 0 Å². The van der Waals surface area contributed by atoms with Crippen LogP contribution in [0.5, 0.6) is 0 Å². The number of thiocarbonyl (C=S) groups is 1. The third kappa shape index (κ3) is 4.96. The molecule has 0 bridgehead atoms. The molecule has 0 radical (unpaired) electrons. The van der Waals surface area contributed by atoms with Crippen LogP contribution in [-0.2, 0) is 16.1 Å². The van der Waals surface area contributed by atoms with Crippen molar-refractivity contribution in [2.75, 3.05) is 11.4 Å². The van der Waals surface area contributed by atoms with E-state index in [0.717, 1.165) is 5.56 Å². The van der Waals surface area contributed by atoms with Crippen LogP contribution in [0.1, 0.15) is 12.0 Å². The first kappa shape index (κ1) is 19.1. The van der Waals surface area contributed by atoms with Gasteiger partial charge in [-0.2, -0.15) is 0 Å². The number of nitrogens with one attached hydrogen (secondary N) is 3. The van der Waals surface area contributed by atoms with Crippen molar-refractivity contribution in [3.63, 3.8) is 0 Å². The topological polar surface area (TPSA) is 73.5 Å². The number of rotatable bonds is 4. The van der Waals surface area contributed by atoms with E-state index in [1.54, 1.807) is 29.2 Å². The number of para-hydroxylation sites is 1. The molecule has 3 N–H and O–H groups in total. The Morgan fingerprint density at radius 2 is 1.81 bits per heavy atom. The van der Waals surface area contributed by atoms with Crippen molar-refractivity contribution in [2.45, 2.75) is 13.0 Å². The maximum Gasteiger partial charge on any atom is 0.243 e. The molecule has 0 spiro atoms. The van der Waals surface area contributed by atoms with Gasteiger partial charge in [0.05, 0.1) is 16.6 Å². The Morgan fingerprint density at radius 3 is 2.56 bits per heavy atom. The highest BCUT2D eigenvalue weighted by molar-refractivity contribution is 7.80. The van der Waals surface area contributed by atoms with E-state index in [0.29, 0.717) is 22.4 Å². The second-order valence-electron chi connectivity index (χ2n) is 6.14. The smallest absolute Gasteiger partial charge is 0.243 e. The maximum absolute atomic E-state index is 12.4. The van der Waals surface area contributed by atoms with Crippen LogP contribution in [0.2, 0.25) is 5.02 Å². The Balaban J connectivity index is 1.48. The van der Waals surface area contributed by atoms with Gasteiger partial charge in [-0.15, -0.1) is 0 Å². The Morgan fingerprint density at radius 1 is 1.11 bits per heavy atom. The monoisotopic (exact) mass is 402 g/mol. The quantitative estimate of drug-likeness (QED) is 0.541. The molecule has 0 aliphatic carbocycles. The Bertz CT molecular complexity index is 847. The molecule has 140 valence electrons. The summed E-state index contributed by atoms with van der Waals surface area (Å²) in [6.07, 6.45) is 0.128. The van der Waals surface area contributed by atoms with E-state index in [1.165, 1.54) is 0 Å². The second kappa shape index (κ2) is 8.83. The minimum atomic E-state index is -0.474. The van der Waals surface area contributed by atoms with Crippen molar-refractivity contribution in [3.05, 3.63) is 65.2 Å². The molecule has 1 fully saturated rings. The first-order valence-electron chi connectivity index (χ1n) is 8.47. The molecule has 27 heavy (non-hydrogen) atoms. The average molecular weight is 403 g/mol. The van der Waals surface area contributed by atoms with E-state index in [1.807, 2.05) is 30.3 Å². The van der Waals surface area contributed by atoms with E-state index in [9.17, 15) is 9.59 Å². The van der Waals surface area contributed by atoms with Crippen LogP contribution in [-0.4, -0.2) is 23.5 Å². The molecule has 6 nitrogen and oxygen atoms in total. The van der Waals surface area contributed by atoms with Gasteiger partial charge in [0.15, 0.2) is 5.11 Å². The van der Waals surface area contributed by atoms with Crippen molar-refractivity contribution in [3.8, 4) is 0 Å². The van der Waals surface area contributed by atoms with Gasteiger partial charge in [-0.3, -0.25) is 20.4 Å². The molecule has 2 amide bonds. The molecule has 3 rings (SSSR count). The highest BCUT2D eigenvalue weighted by Crippen LogP contribution is 2.30. The van der Waals surface area contributed by atoms with Crippen molar-refractivity contribution in [1.82, 2.24) is 16.2 Å². The summed E-state index contributed by atoms with van der Waals surface area (Å²) in [4.78, 5) is 26.2. The lowest BCUT2D eigenvalue weighted by molar-refractivity contribution is -0.126.